The molecule has 0 heteroatoms. The molecule has 0 saturated carbocycles. The van der Waals surface area contributed by atoms with Crippen LogP contribution in [0.15, 0.2) is 218 Å². The molecule has 0 saturated heterocycles. The molecule has 0 aliphatic heterocycles. The summed E-state index contributed by atoms with van der Waals surface area (Å²) in [5, 5.41) is 0. The van der Waals surface area contributed by atoms with Gasteiger partial charge in [0.25, 0.3) is 0 Å². The van der Waals surface area contributed by atoms with Gasteiger partial charge in [0.2, 0.25) is 0 Å². The van der Waals surface area contributed by atoms with Crippen LogP contribution in [0, 0.1) is 0 Å². The highest BCUT2D eigenvalue weighted by Gasteiger charge is 2.19. The van der Waals surface area contributed by atoms with E-state index in [-0.39, 0.29) is 0 Å². The fourth-order valence-corrected chi connectivity index (χ4v) is 12.7. The molecule has 18 bridgehead atoms. The van der Waals surface area contributed by atoms with E-state index in [1.165, 1.54) is 100 Å². The average Bonchev–Trinajstić information content (AvgIpc) is 3.48. The minimum absolute atomic E-state index is 0.492. The van der Waals surface area contributed by atoms with Crippen molar-refractivity contribution in [3.8, 4) is 0 Å². The van der Waals surface area contributed by atoms with Gasteiger partial charge < -0.3 is 0 Å². The number of hydrogen-bond donors (Lipinski definition) is 0. The standard InChI is InChI=1S/C78H84/c1-7-70-46-55(4)73-34-22-64(23-35-73)49-58-10-12-59(13-11-58)50-65-24-36-74(37-25-65)56(5)47-71(8-2)77-42-30-68(31-43-77)53-62-18-20-63(21-19-62)54-69-32-44-78(45-33-69)72(9-3)48-57(6)75-38-26-66(27-39-75)51-60-14-16-61(17-15-60)52-67-28-40-76(70)41-29-67/h10-45,55-57,70-72H,7-9,46-54H2,1-6H3. The minimum Gasteiger partial charge on any atom is -0.0648 e. The van der Waals surface area contributed by atoms with E-state index < -0.39 is 0 Å². The van der Waals surface area contributed by atoms with Gasteiger partial charge in [-0.2, -0.15) is 0 Å². The van der Waals surface area contributed by atoms with Gasteiger partial charge >= 0.3 is 0 Å². The molecule has 78 heavy (non-hydrogen) atoms. The Bertz CT molecular complexity index is 3230. The van der Waals surface area contributed by atoms with Crippen molar-refractivity contribution in [3.63, 3.8) is 0 Å². The van der Waals surface area contributed by atoms with Crippen LogP contribution in [-0.2, 0) is 38.5 Å². The van der Waals surface area contributed by atoms with Crippen molar-refractivity contribution in [2.45, 2.75) is 154 Å². The van der Waals surface area contributed by atoms with Gasteiger partial charge in [-0.25, -0.2) is 0 Å². The molecular formula is C78H84. The Morgan fingerprint density at radius 2 is 0.333 bits per heavy atom. The van der Waals surface area contributed by atoms with Crippen molar-refractivity contribution in [1.82, 2.24) is 0 Å². The lowest BCUT2D eigenvalue weighted by Gasteiger charge is -2.21. The molecule has 9 aromatic rings. The summed E-state index contributed by atoms with van der Waals surface area (Å²) in [5.74, 6) is 3.09. The molecule has 6 unspecified atom stereocenters. The molecule has 6 atom stereocenters. The third kappa shape index (κ3) is 14.4. The number of benzene rings is 9. The predicted molar refractivity (Wildman–Crippen MR) is 333 cm³/mol. The normalized spacial score (nSPS) is 19.6. The van der Waals surface area contributed by atoms with Gasteiger partial charge in [0.05, 0.1) is 0 Å². The highest BCUT2D eigenvalue weighted by Crippen LogP contribution is 2.36. The van der Waals surface area contributed by atoms with Crippen LogP contribution < -0.4 is 0 Å². The molecule has 22 rings (SSSR count). The zero-order chi connectivity index (χ0) is 53.8. The van der Waals surface area contributed by atoms with E-state index in [1.807, 2.05) is 0 Å². The van der Waals surface area contributed by atoms with Crippen molar-refractivity contribution in [2.24, 2.45) is 0 Å². The predicted octanol–water partition coefficient (Wildman–Crippen LogP) is 20.6. The second-order valence-electron chi connectivity index (χ2n) is 23.7. The Balaban J connectivity index is 0.822. The van der Waals surface area contributed by atoms with Crippen LogP contribution in [0.3, 0.4) is 0 Å². The first-order valence-corrected chi connectivity index (χ1v) is 29.9. The second kappa shape index (κ2) is 26.1. The zero-order valence-corrected chi connectivity index (χ0v) is 47.7. The monoisotopic (exact) mass is 1020 g/mol. The van der Waals surface area contributed by atoms with Gasteiger partial charge in [0.15, 0.2) is 0 Å². The maximum atomic E-state index is 2.41. The molecule has 13 aliphatic rings. The van der Waals surface area contributed by atoms with E-state index in [1.54, 1.807) is 0 Å². The molecule has 0 amide bonds. The molecule has 0 fully saturated rings. The fraction of sp³-hybridized carbons (Fsp3) is 0.308. The van der Waals surface area contributed by atoms with Crippen molar-refractivity contribution < 1.29 is 0 Å². The van der Waals surface area contributed by atoms with Crippen LogP contribution >= 0.6 is 0 Å². The average molecular weight is 1020 g/mol. The van der Waals surface area contributed by atoms with Crippen LogP contribution in [0.1, 0.15) is 216 Å². The largest absolute Gasteiger partial charge is 0.0648 e. The summed E-state index contributed by atoms with van der Waals surface area (Å²) in [6.45, 7) is 14.3. The molecule has 0 aromatic heterocycles. The van der Waals surface area contributed by atoms with Gasteiger partial charge in [-0.1, -0.05) is 260 Å². The molecular weight excluding hydrogens is 937 g/mol. The Morgan fingerprint density at radius 1 is 0.205 bits per heavy atom. The first-order valence-electron chi connectivity index (χ1n) is 29.9. The summed E-state index contributed by atoms with van der Waals surface area (Å²) < 4.78 is 0. The quantitative estimate of drug-likeness (QED) is 0.165. The third-order valence-corrected chi connectivity index (χ3v) is 17.9. The smallest absolute Gasteiger partial charge is 0.00258 e. The van der Waals surface area contributed by atoms with Crippen molar-refractivity contribution in [2.75, 3.05) is 0 Å². The summed E-state index contributed by atoms with van der Waals surface area (Å²) in [7, 11) is 0. The van der Waals surface area contributed by atoms with Crippen molar-refractivity contribution in [1.29, 1.82) is 0 Å². The van der Waals surface area contributed by atoms with E-state index >= 15 is 0 Å². The van der Waals surface area contributed by atoms with Gasteiger partial charge in [0, 0.05) is 0 Å². The Kier molecular flexibility index (Phi) is 18.2. The van der Waals surface area contributed by atoms with Gasteiger partial charge in [-0.3, -0.25) is 0 Å². The number of rotatable bonds is 3. The fourth-order valence-electron chi connectivity index (χ4n) is 12.7. The molecule has 9 aromatic carbocycles. The number of fused-ring (bicyclic) bond motifs is 3. The van der Waals surface area contributed by atoms with E-state index in [2.05, 4.69) is 260 Å². The summed E-state index contributed by atoms with van der Waals surface area (Å²) in [4.78, 5) is 0. The highest BCUT2D eigenvalue weighted by molar-refractivity contribution is 5.40. The topological polar surface area (TPSA) is 0 Å². The lowest BCUT2D eigenvalue weighted by Crippen LogP contribution is -2.04. The molecule has 396 valence electrons. The molecule has 0 spiro atoms. The number of hydrogen-bond acceptors (Lipinski definition) is 0. The molecule has 0 nitrogen and oxygen atoms in total. The summed E-state index contributed by atoms with van der Waals surface area (Å²) in [5.41, 5.74) is 25.1. The van der Waals surface area contributed by atoms with E-state index in [9.17, 15) is 0 Å². The Hall–Kier alpha value is -7.02. The van der Waals surface area contributed by atoms with Crippen LogP contribution in [0.25, 0.3) is 0 Å². The first kappa shape index (κ1) is 54.3. The van der Waals surface area contributed by atoms with Crippen LogP contribution in [-0.4, -0.2) is 0 Å². The van der Waals surface area contributed by atoms with E-state index in [4.69, 9.17) is 0 Å². The van der Waals surface area contributed by atoms with E-state index in [0.29, 0.717) is 35.5 Å². The zero-order valence-electron chi connectivity index (χ0n) is 47.7. The SMILES string of the molecule is CCC1CC(C)c2ccc(cc2)Cc2ccc(cc2)Cc2ccc(cc2)C(C)CC(CC)c2ccc(cc2)Cc2ccc(cc2)Cc2ccc(cc2)C(CC)CC(C)c2ccc(cc2)Cc2ccc(cc2)Cc2ccc1cc2. The third-order valence-electron chi connectivity index (χ3n) is 17.9. The summed E-state index contributed by atoms with van der Waals surface area (Å²) in [6.07, 6.45) is 12.6. The van der Waals surface area contributed by atoms with Crippen LogP contribution in [0.5, 0.6) is 0 Å². The van der Waals surface area contributed by atoms with Gasteiger partial charge in [0.1, 0.15) is 0 Å². The molecule has 0 heterocycles. The second-order valence-corrected chi connectivity index (χ2v) is 23.7. The summed E-state index contributed by atoms with van der Waals surface area (Å²) in [6, 6.07) is 84.9. The molecule has 13 aliphatic carbocycles. The lowest BCUT2D eigenvalue weighted by molar-refractivity contribution is 0.544. The van der Waals surface area contributed by atoms with Crippen LogP contribution in [0.4, 0.5) is 0 Å². The Labute approximate surface area is 470 Å². The first-order chi connectivity index (χ1) is 38.1. The lowest BCUT2D eigenvalue weighted by atomic mass is 9.84. The van der Waals surface area contributed by atoms with Crippen molar-refractivity contribution in [3.05, 3.63) is 319 Å². The maximum Gasteiger partial charge on any atom is -0.00258 e. The minimum atomic E-state index is 0.492. The highest BCUT2D eigenvalue weighted by atomic mass is 14.2. The van der Waals surface area contributed by atoms with Crippen LogP contribution in [0.2, 0.25) is 0 Å². The van der Waals surface area contributed by atoms with E-state index in [0.717, 1.165) is 77.0 Å². The van der Waals surface area contributed by atoms with Gasteiger partial charge in [-0.05, 0) is 213 Å². The molecule has 0 N–H and O–H groups in total. The van der Waals surface area contributed by atoms with Crippen molar-refractivity contribution >= 4 is 0 Å². The molecule has 0 radical (unpaired) electrons. The van der Waals surface area contributed by atoms with Gasteiger partial charge in [-0.15, -0.1) is 0 Å². The maximum absolute atomic E-state index is 2.41. The Morgan fingerprint density at radius 3 is 0.474 bits per heavy atom. The summed E-state index contributed by atoms with van der Waals surface area (Å²) >= 11 is 0.